The Labute approximate surface area is 120 Å². The number of hydrogen-bond donors (Lipinski definition) is 1. The summed E-state index contributed by atoms with van der Waals surface area (Å²) in [4.78, 5) is 0. The van der Waals surface area contributed by atoms with E-state index in [-0.39, 0.29) is 6.04 Å². The van der Waals surface area contributed by atoms with Crippen molar-refractivity contribution in [1.29, 1.82) is 0 Å². The summed E-state index contributed by atoms with van der Waals surface area (Å²) in [5, 5.41) is 0. The summed E-state index contributed by atoms with van der Waals surface area (Å²) >= 11 is 0. The van der Waals surface area contributed by atoms with E-state index in [0.29, 0.717) is 6.61 Å². The number of hydrogen-bond acceptors (Lipinski definition) is 3. The third kappa shape index (κ3) is 3.52. The Morgan fingerprint density at radius 1 is 1.00 bits per heavy atom. The first-order valence-corrected chi connectivity index (χ1v) is 6.99. The molecule has 0 aliphatic rings. The molecule has 0 aliphatic heterocycles. The van der Waals surface area contributed by atoms with Crippen LogP contribution in [0.1, 0.15) is 31.9 Å². The summed E-state index contributed by atoms with van der Waals surface area (Å²) in [5.74, 6) is 2.37. The van der Waals surface area contributed by atoms with Gasteiger partial charge in [-0.2, -0.15) is 0 Å². The minimum atomic E-state index is -0.0127. The molecular formula is C17H21NO2. The van der Waals surface area contributed by atoms with Crippen LogP contribution in [0.15, 0.2) is 48.5 Å². The maximum atomic E-state index is 6.12. The Balaban J connectivity index is 2.23. The standard InChI is InChI=1S/C17H21NO2/c1-3-16(18)15-10-5-6-11-17(15)20-14-9-7-8-13(12-14)19-4-2/h5-12,16H,3-4,18H2,1-2H3. The van der Waals surface area contributed by atoms with Crippen molar-refractivity contribution in [3.8, 4) is 17.2 Å². The highest BCUT2D eigenvalue weighted by Gasteiger charge is 2.10. The molecule has 2 aromatic carbocycles. The van der Waals surface area contributed by atoms with Crippen molar-refractivity contribution < 1.29 is 9.47 Å². The number of benzene rings is 2. The first kappa shape index (κ1) is 14.4. The largest absolute Gasteiger partial charge is 0.494 e. The summed E-state index contributed by atoms with van der Waals surface area (Å²) in [6.45, 7) is 4.67. The van der Waals surface area contributed by atoms with Gasteiger partial charge >= 0.3 is 0 Å². The average Bonchev–Trinajstić information content (AvgIpc) is 2.48. The zero-order chi connectivity index (χ0) is 14.4. The Morgan fingerprint density at radius 2 is 1.75 bits per heavy atom. The smallest absolute Gasteiger partial charge is 0.132 e. The Bertz CT molecular complexity index is 554. The lowest BCUT2D eigenvalue weighted by Crippen LogP contribution is -2.09. The molecule has 3 heteroatoms. The van der Waals surface area contributed by atoms with Crippen molar-refractivity contribution in [2.45, 2.75) is 26.3 Å². The molecule has 0 fully saturated rings. The van der Waals surface area contributed by atoms with E-state index in [4.69, 9.17) is 15.2 Å². The van der Waals surface area contributed by atoms with Crippen molar-refractivity contribution in [2.24, 2.45) is 5.73 Å². The summed E-state index contributed by atoms with van der Waals surface area (Å²) in [6, 6.07) is 15.5. The van der Waals surface area contributed by atoms with Gasteiger partial charge in [0.2, 0.25) is 0 Å². The van der Waals surface area contributed by atoms with Gasteiger partial charge in [-0.05, 0) is 31.5 Å². The van der Waals surface area contributed by atoms with E-state index in [9.17, 15) is 0 Å². The Hall–Kier alpha value is -2.00. The van der Waals surface area contributed by atoms with Crippen LogP contribution in [0.4, 0.5) is 0 Å². The van der Waals surface area contributed by atoms with E-state index in [0.717, 1.165) is 29.2 Å². The summed E-state index contributed by atoms with van der Waals surface area (Å²) in [5.41, 5.74) is 7.15. The molecule has 0 saturated heterocycles. The van der Waals surface area contributed by atoms with Gasteiger partial charge in [0.25, 0.3) is 0 Å². The van der Waals surface area contributed by atoms with E-state index in [2.05, 4.69) is 6.92 Å². The zero-order valence-corrected chi connectivity index (χ0v) is 12.0. The molecule has 106 valence electrons. The summed E-state index contributed by atoms with van der Waals surface area (Å²) < 4.78 is 11.4. The third-order valence-electron chi connectivity index (χ3n) is 3.10. The highest BCUT2D eigenvalue weighted by Crippen LogP contribution is 2.31. The molecule has 2 N–H and O–H groups in total. The number of nitrogens with two attached hydrogens (primary N) is 1. The van der Waals surface area contributed by atoms with Gasteiger partial charge in [-0.25, -0.2) is 0 Å². The molecule has 2 aromatic rings. The minimum Gasteiger partial charge on any atom is -0.494 e. The SMILES string of the molecule is CCOc1cccc(Oc2ccccc2C(N)CC)c1. The van der Waals surface area contributed by atoms with Crippen LogP contribution in [0.5, 0.6) is 17.2 Å². The van der Waals surface area contributed by atoms with Gasteiger partial charge in [-0.15, -0.1) is 0 Å². The van der Waals surface area contributed by atoms with Crippen LogP contribution in [-0.2, 0) is 0 Å². The van der Waals surface area contributed by atoms with Crippen LogP contribution in [0, 0.1) is 0 Å². The maximum absolute atomic E-state index is 6.12. The first-order chi connectivity index (χ1) is 9.74. The molecule has 1 unspecified atom stereocenters. The quantitative estimate of drug-likeness (QED) is 0.852. The highest BCUT2D eigenvalue weighted by molar-refractivity contribution is 5.41. The van der Waals surface area contributed by atoms with Crippen molar-refractivity contribution >= 4 is 0 Å². The van der Waals surface area contributed by atoms with Gasteiger partial charge < -0.3 is 15.2 Å². The third-order valence-corrected chi connectivity index (χ3v) is 3.10. The monoisotopic (exact) mass is 271 g/mol. The number of rotatable bonds is 6. The molecule has 0 aliphatic carbocycles. The van der Waals surface area contributed by atoms with E-state index >= 15 is 0 Å². The molecule has 0 amide bonds. The summed E-state index contributed by atoms with van der Waals surface area (Å²) in [6.07, 6.45) is 0.874. The lowest BCUT2D eigenvalue weighted by Gasteiger charge is -2.15. The van der Waals surface area contributed by atoms with Gasteiger partial charge in [-0.1, -0.05) is 31.2 Å². The molecule has 0 spiro atoms. The second-order valence-electron chi connectivity index (χ2n) is 4.56. The molecule has 2 rings (SSSR count). The number of ether oxygens (including phenoxy) is 2. The number of para-hydroxylation sites is 1. The van der Waals surface area contributed by atoms with Crippen LogP contribution in [0.3, 0.4) is 0 Å². The zero-order valence-electron chi connectivity index (χ0n) is 12.0. The van der Waals surface area contributed by atoms with Crippen LogP contribution < -0.4 is 15.2 Å². The van der Waals surface area contributed by atoms with Crippen molar-refractivity contribution in [3.63, 3.8) is 0 Å². The minimum absolute atomic E-state index is 0.0127. The maximum Gasteiger partial charge on any atom is 0.132 e. The first-order valence-electron chi connectivity index (χ1n) is 6.99. The Morgan fingerprint density at radius 3 is 2.50 bits per heavy atom. The lowest BCUT2D eigenvalue weighted by atomic mass is 10.0. The fourth-order valence-corrected chi connectivity index (χ4v) is 2.02. The average molecular weight is 271 g/mol. The van der Waals surface area contributed by atoms with E-state index < -0.39 is 0 Å². The van der Waals surface area contributed by atoms with Gasteiger partial charge in [0, 0.05) is 17.7 Å². The highest BCUT2D eigenvalue weighted by atomic mass is 16.5. The van der Waals surface area contributed by atoms with Gasteiger partial charge in [0.05, 0.1) is 6.61 Å². The fourth-order valence-electron chi connectivity index (χ4n) is 2.02. The lowest BCUT2D eigenvalue weighted by molar-refractivity contribution is 0.338. The van der Waals surface area contributed by atoms with Crippen LogP contribution >= 0.6 is 0 Å². The van der Waals surface area contributed by atoms with Crippen molar-refractivity contribution in [2.75, 3.05) is 6.61 Å². The van der Waals surface area contributed by atoms with Crippen molar-refractivity contribution in [3.05, 3.63) is 54.1 Å². The second kappa shape index (κ2) is 6.96. The molecule has 20 heavy (non-hydrogen) atoms. The van der Waals surface area contributed by atoms with E-state index in [1.165, 1.54) is 0 Å². The molecule has 0 heterocycles. The van der Waals surface area contributed by atoms with Crippen LogP contribution in [0.2, 0.25) is 0 Å². The predicted molar refractivity (Wildman–Crippen MR) is 81.3 cm³/mol. The Kier molecular flexibility index (Phi) is 5.02. The predicted octanol–water partition coefficient (Wildman–Crippen LogP) is 4.29. The molecule has 0 aromatic heterocycles. The molecular weight excluding hydrogens is 250 g/mol. The van der Waals surface area contributed by atoms with Crippen molar-refractivity contribution in [1.82, 2.24) is 0 Å². The summed E-state index contributed by atoms with van der Waals surface area (Å²) in [7, 11) is 0. The topological polar surface area (TPSA) is 44.5 Å². The van der Waals surface area contributed by atoms with Gasteiger partial charge in [0.1, 0.15) is 17.2 Å². The molecule has 0 bridgehead atoms. The second-order valence-corrected chi connectivity index (χ2v) is 4.56. The van der Waals surface area contributed by atoms with Crippen LogP contribution in [-0.4, -0.2) is 6.61 Å². The van der Waals surface area contributed by atoms with Crippen LogP contribution in [0.25, 0.3) is 0 Å². The normalized spacial score (nSPS) is 11.9. The van der Waals surface area contributed by atoms with Gasteiger partial charge in [-0.3, -0.25) is 0 Å². The van der Waals surface area contributed by atoms with E-state index in [1.807, 2.05) is 55.5 Å². The molecule has 3 nitrogen and oxygen atoms in total. The van der Waals surface area contributed by atoms with E-state index in [1.54, 1.807) is 0 Å². The molecule has 0 radical (unpaired) electrons. The molecule has 1 atom stereocenters. The molecule has 0 saturated carbocycles. The van der Waals surface area contributed by atoms with Gasteiger partial charge in [0.15, 0.2) is 0 Å². The fraction of sp³-hybridized carbons (Fsp3) is 0.294.